The number of hydrogen-bond donors (Lipinski definition) is 0. The first kappa shape index (κ1) is 17.6. The van der Waals surface area contributed by atoms with Crippen LogP contribution in [0.15, 0.2) is 53.7 Å². The number of ether oxygens (including phenoxy) is 2. The molecule has 1 aromatic heterocycles. The molecule has 27 heavy (non-hydrogen) atoms. The number of aromatic nitrogens is 3. The second-order valence-corrected chi connectivity index (χ2v) is 7.44. The lowest BCUT2D eigenvalue weighted by atomic mass is 10.1. The van der Waals surface area contributed by atoms with E-state index in [9.17, 15) is 4.79 Å². The number of aryl methyl sites for hydroxylation is 1. The molecule has 6 nitrogen and oxygen atoms in total. The minimum Gasteiger partial charge on any atom is -0.497 e. The van der Waals surface area contributed by atoms with Gasteiger partial charge in [0, 0.05) is 17.7 Å². The molecule has 0 bridgehead atoms. The van der Waals surface area contributed by atoms with Crippen molar-refractivity contribution in [1.29, 1.82) is 0 Å². The minimum absolute atomic E-state index is 0.193. The first-order valence-electron chi connectivity index (χ1n) is 8.66. The van der Waals surface area contributed by atoms with Crippen molar-refractivity contribution < 1.29 is 14.3 Å². The van der Waals surface area contributed by atoms with Gasteiger partial charge in [-0.1, -0.05) is 35.5 Å². The third-order valence-electron chi connectivity index (χ3n) is 4.38. The summed E-state index contributed by atoms with van der Waals surface area (Å²) in [5.74, 6) is 1.32. The number of methoxy groups -OCH3 is 1. The molecule has 0 aliphatic carbocycles. The first-order valence-corrected chi connectivity index (χ1v) is 9.54. The summed E-state index contributed by atoms with van der Waals surface area (Å²) in [6, 6.07) is 15.8. The van der Waals surface area contributed by atoms with Crippen LogP contribution in [-0.2, 0) is 9.53 Å². The smallest absolute Gasteiger partial charge is 0.319 e. The van der Waals surface area contributed by atoms with Crippen molar-refractivity contribution in [3.63, 3.8) is 0 Å². The van der Waals surface area contributed by atoms with Crippen LogP contribution in [0.3, 0.4) is 0 Å². The number of esters is 1. The van der Waals surface area contributed by atoms with Gasteiger partial charge in [-0.3, -0.25) is 9.36 Å². The van der Waals surface area contributed by atoms with Gasteiger partial charge in [0.05, 0.1) is 13.7 Å². The van der Waals surface area contributed by atoms with Gasteiger partial charge in [-0.15, -0.1) is 10.2 Å². The van der Waals surface area contributed by atoms with Crippen molar-refractivity contribution in [2.24, 2.45) is 0 Å². The van der Waals surface area contributed by atoms with Crippen LogP contribution >= 0.6 is 11.8 Å². The summed E-state index contributed by atoms with van der Waals surface area (Å²) in [5, 5.41) is 9.21. The molecule has 4 rings (SSSR count). The monoisotopic (exact) mass is 381 g/mol. The summed E-state index contributed by atoms with van der Waals surface area (Å²) in [4.78, 5) is 11.9. The number of nitrogens with zero attached hydrogens (tertiary/aromatic N) is 3. The molecule has 138 valence electrons. The number of carbonyl (C=O) groups excluding carboxylic acids is 1. The first-order chi connectivity index (χ1) is 13.2. The van der Waals surface area contributed by atoms with Gasteiger partial charge < -0.3 is 9.47 Å². The Morgan fingerprint density at radius 1 is 1.19 bits per heavy atom. The molecular formula is C20H19N3O3S. The lowest BCUT2D eigenvalue weighted by molar-refractivity contribution is -0.137. The summed E-state index contributed by atoms with van der Waals surface area (Å²) in [5.41, 5.74) is 3.02. The van der Waals surface area contributed by atoms with E-state index in [1.165, 1.54) is 11.8 Å². The maximum absolute atomic E-state index is 11.9. The fourth-order valence-corrected chi connectivity index (χ4v) is 4.01. The molecule has 7 heteroatoms. The second kappa shape index (κ2) is 7.44. The molecule has 0 amide bonds. The molecular weight excluding hydrogens is 362 g/mol. The van der Waals surface area contributed by atoms with Gasteiger partial charge >= 0.3 is 5.97 Å². The van der Waals surface area contributed by atoms with Crippen LogP contribution in [0.25, 0.3) is 17.1 Å². The zero-order valence-electron chi connectivity index (χ0n) is 15.1. The van der Waals surface area contributed by atoms with Crippen molar-refractivity contribution in [2.75, 3.05) is 13.7 Å². The van der Waals surface area contributed by atoms with Crippen molar-refractivity contribution in [2.45, 2.75) is 23.8 Å². The van der Waals surface area contributed by atoms with Crippen molar-refractivity contribution in [3.05, 3.63) is 54.1 Å². The Balaban J connectivity index is 1.80. The van der Waals surface area contributed by atoms with E-state index in [2.05, 4.69) is 16.3 Å². The Morgan fingerprint density at radius 2 is 2.00 bits per heavy atom. The van der Waals surface area contributed by atoms with Gasteiger partial charge in [0.15, 0.2) is 11.0 Å². The average molecular weight is 381 g/mol. The van der Waals surface area contributed by atoms with Gasteiger partial charge in [-0.2, -0.15) is 0 Å². The van der Waals surface area contributed by atoms with E-state index in [1.807, 2.05) is 54.0 Å². The molecule has 1 fully saturated rings. The Morgan fingerprint density at radius 3 is 2.67 bits per heavy atom. The third kappa shape index (κ3) is 3.55. The normalized spacial score (nSPS) is 16.4. The molecule has 0 spiro atoms. The second-order valence-electron chi connectivity index (χ2n) is 6.27. The molecule has 1 atom stereocenters. The quantitative estimate of drug-likeness (QED) is 0.629. The summed E-state index contributed by atoms with van der Waals surface area (Å²) in [7, 11) is 1.64. The number of thioether (sulfide) groups is 1. The third-order valence-corrected chi connectivity index (χ3v) is 5.56. The SMILES string of the molecule is COc1ccc(-n2c(S[C@H]3CCOC3=O)nnc2-c2cccc(C)c2)cc1. The van der Waals surface area contributed by atoms with Crippen LogP contribution in [0.5, 0.6) is 5.75 Å². The summed E-state index contributed by atoms with van der Waals surface area (Å²) < 4.78 is 12.3. The highest BCUT2D eigenvalue weighted by Gasteiger charge is 2.30. The van der Waals surface area contributed by atoms with E-state index in [0.29, 0.717) is 18.2 Å². The van der Waals surface area contributed by atoms with Crippen molar-refractivity contribution in [3.8, 4) is 22.8 Å². The zero-order valence-corrected chi connectivity index (χ0v) is 15.9. The van der Waals surface area contributed by atoms with Crippen LogP contribution in [0, 0.1) is 6.92 Å². The molecule has 3 aromatic rings. The van der Waals surface area contributed by atoms with Crippen molar-refractivity contribution >= 4 is 17.7 Å². The van der Waals surface area contributed by atoms with Crippen LogP contribution < -0.4 is 4.74 Å². The fraction of sp³-hybridized carbons (Fsp3) is 0.250. The fourth-order valence-electron chi connectivity index (χ4n) is 2.99. The highest BCUT2D eigenvalue weighted by Crippen LogP contribution is 2.33. The number of carbonyl (C=O) groups is 1. The molecule has 1 saturated heterocycles. The van der Waals surface area contributed by atoms with Gasteiger partial charge in [0.25, 0.3) is 0 Å². The Labute approximate surface area is 161 Å². The average Bonchev–Trinajstić information content (AvgIpc) is 3.29. The van der Waals surface area contributed by atoms with Gasteiger partial charge in [0.2, 0.25) is 0 Å². The standard InChI is InChI=1S/C20H19N3O3S/c1-13-4-3-5-14(12-13)18-21-22-20(27-17-10-11-26-19(17)24)23(18)15-6-8-16(25-2)9-7-15/h3-9,12,17H,10-11H2,1-2H3/t17-/m0/s1. The molecule has 2 heterocycles. The Kier molecular flexibility index (Phi) is 4.85. The molecule has 1 aliphatic rings. The summed E-state index contributed by atoms with van der Waals surface area (Å²) in [6.45, 7) is 2.50. The molecule has 0 radical (unpaired) electrons. The van der Waals surface area contributed by atoms with Gasteiger partial charge in [0.1, 0.15) is 11.0 Å². The van der Waals surface area contributed by atoms with E-state index < -0.39 is 0 Å². The molecule has 0 saturated carbocycles. The zero-order chi connectivity index (χ0) is 18.8. The topological polar surface area (TPSA) is 66.2 Å². The Hall–Kier alpha value is -2.80. The molecule has 0 N–H and O–H groups in total. The lowest BCUT2D eigenvalue weighted by Gasteiger charge is -2.12. The molecule has 2 aromatic carbocycles. The van der Waals surface area contributed by atoms with Gasteiger partial charge in [-0.25, -0.2) is 0 Å². The summed E-state index contributed by atoms with van der Waals surface area (Å²) >= 11 is 1.39. The number of cyclic esters (lactones) is 1. The minimum atomic E-state index is -0.253. The number of rotatable bonds is 5. The Bertz CT molecular complexity index is 969. The van der Waals surface area contributed by atoms with Crippen LogP contribution in [0.4, 0.5) is 0 Å². The van der Waals surface area contributed by atoms with Crippen LogP contribution in [0.1, 0.15) is 12.0 Å². The largest absolute Gasteiger partial charge is 0.497 e. The van der Waals surface area contributed by atoms with E-state index in [0.717, 1.165) is 28.4 Å². The van der Waals surface area contributed by atoms with Crippen LogP contribution in [-0.4, -0.2) is 39.7 Å². The summed E-state index contributed by atoms with van der Waals surface area (Å²) in [6.07, 6.45) is 0.679. The highest BCUT2D eigenvalue weighted by molar-refractivity contribution is 8.00. The van der Waals surface area contributed by atoms with E-state index >= 15 is 0 Å². The van der Waals surface area contributed by atoms with Crippen LogP contribution in [0.2, 0.25) is 0 Å². The van der Waals surface area contributed by atoms with E-state index in [4.69, 9.17) is 9.47 Å². The number of benzene rings is 2. The lowest BCUT2D eigenvalue weighted by Crippen LogP contribution is -2.11. The predicted octanol–water partition coefficient (Wildman–Crippen LogP) is 3.66. The molecule has 0 unspecified atom stereocenters. The maximum atomic E-state index is 11.9. The number of hydrogen-bond acceptors (Lipinski definition) is 6. The maximum Gasteiger partial charge on any atom is 0.319 e. The van der Waals surface area contributed by atoms with E-state index in [1.54, 1.807) is 7.11 Å². The van der Waals surface area contributed by atoms with E-state index in [-0.39, 0.29) is 11.2 Å². The molecule has 1 aliphatic heterocycles. The van der Waals surface area contributed by atoms with Crippen molar-refractivity contribution in [1.82, 2.24) is 14.8 Å². The van der Waals surface area contributed by atoms with Gasteiger partial charge in [-0.05, 0) is 37.3 Å². The highest BCUT2D eigenvalue weighted by atomic mass is 32.2. The predicted molar refractivity (Wildman–Crippen MR) is 103 cm³/mol.